The van der Waals surface area contributed by atoms with Gasteiger partial charge in [0, 0.05) is 6.42 Å². The number of carbonyl (C=O) groups is 1. The molecular formula is C72H125N2O6P. The molecule has 464 valence electrons. The zero-order valence-electron chi connectivity index (χ0n) is 52.9. The van der Waals surface area contributed by atoms with Crippen molar-refractivity contribution in [1.82, 2.24) is 5.32 Å². The fourth-order valence-electron chi connectivity index (χ4n) is 9.01. The van der Waals surface area contributed by atoms with Crippen LogP contribution in [0.15, 0.2) is 134 Å². The van der Waals surface area contributed by atoms with Crippen molar-refractivity contribution in [3.63, 3.8) is 0 Å². The van der Waals surface area contributed by atoms with Gasteiger partial charge in [-0.2, -0.15) is 0 Å². The van der Waals surface area contributed by atoms with E-state index < -0.39 is 26.6 Å². The summed E-state index contributed by atoms with van der Waals surface area (Å²) in [4.78, 5) is 25.6. The highest BCUT2D eigenvalue weighted by Crippen LogP contribution is 2.38. The zero-order valence-corrected chi connectivity index (χ0v) is 53.8. The van der Waals surface area contributed by atoms with Crippen molar-refractivity contribution in [3.05, 3.63) is 134 Å². The number of allylic oxidation sites excluding steroid dienone is 21. The lowest BCUT2D eigenvalue weighted by atomic mass is 10.0. The van der Waals surface area contributed by atoms with Crippen LogP contribution < -0.4 is 10.2 Å². The molecule has 0 bridgehead atoms. The first-order chi connectivity index (χ1) is 39.5. The molecule has 0 aliphatic carbocycles. The second kappa shape index (κ2) is 61.2. The molecule has 2 N–H and O–H groups in total. The average Bonchev–Trinajstić information content (AvgIpc) is 3.43. The summed E-state index contributed by atoms with van der Waals surface area (Å²) < 4.78 is 23.4. The molecule has 3 unspecified atom stereocenters. The molecule has 0 saturated heterocycles. The molecule has 8 nitrogen and oxygen atoms in total. The van der Waals surface area contributed by atoms with Crippen molar-refractivity contribution < 1.29 is 32.9 Å². The molecule has 0 aliphatic rings. The molecule has 3 atom stereocenters. The molecule has 0 aromatic heterocycles. The van der Waals surface area contributed by atoms with Crippen LogP contribution in [0.1, 0.15) is 264 Å². The van der Waals surface area contributed by atoms with Gasteiger partial charge in [-0.1, -0.05) is 295 Å². The molecule has 0 aromatic carbocycles. The number of quaternary nitrogens is 1. The summed E-state index contributed by atoms with van der Waals surface area (Å²) in [5.74, 6) is -0.215. The van der Waals surface area contributed by atoms with E-state index in [0.717, 1.165) is 128 Å². The zero-order chi connectivity index (χ0) is 59.1. The van der Waals surface area contributed by atoms with Gasteiger partial charge in [0.2, 0.25) is 5.91 Å². The minimum atomic E-state index is -4.62. The third kappa shape index (κ3) is 64.1. The molecule has 0 fully saturated rings. The maximum Gasteiger partial charge on any atom is 0.268 e. The van der Waals surface area contributed by atoms with E-state index in [0.29, 0.717) is 17.4 Å². The van der Waals surface area contributed by atoms with Crippen LogP contribution in [0.25, 0.3) is 0 Å². The number of nitrogens with zero attached hydrogens (tertiary/aromatic N) is 1. The lowest BCUT2D eigenvalue weighted by molar-refractivity contribution is -0.870. The highest BCUT2D eigenvalue weighted by molar-refractivity contribution is 7.45. The fourth-order valence-corrected chi connectivity index (χ4v) is 9.73. The van der Waals surface area contributed by atoms with Gasteiger partial charge in [0.1, 0.15) is 13.2 Å². The summed E-state index contributed by atoms with van der Waals surface area (Å²) in [6.07, 6.45) is 92.6. The van der Waals surface area contributed by atoms with Crippen LogP contribution in [0.3, 0.4) is 0 Å². The van der Waals surface area contributed by atoms with Crippen molar-refractivity contribution in [2.24, 2.45) is 0 Å². The lowest BCUT2D eigenvalue weighted by Crippen LogP contribution is -2.45. The number of carbonyl (C=O) groups excluding carboxylic acids is 1. The predicted octanol–water partition coefficient (Wildman–Crippen LogP) is 20.4. The Morgan fingerprint density at radius 3 is 1.10 bits per heavy atom. The van der Waals surface area contributed by atoms with Crippen LogP contribution in [0.2, 0.25) is 0 Å². The Labute approximate surface area is 500 Å². The van der Waals surface area contributed by atoms with E-state index in [2.05, 4.69) is 141 Å². The van der Waals surface area contributed by atoms with Crippen LogP contribution >= 0.6 is 7.82 Å². The topological polar surface area (TPSA) is 108 Å². The first-order valence-corrected chi connectivity index (χ1v) is 34.5. The highest BCUT2D eigenvalue weighted by atomic mass is 31.2. The standard InChI is InChI=1S/C72H125N2O6P/c1-6-8-10-12-14-16-18-20-22-24-26-28-30-31-32-33-34-35-36-37-38-39-40-41-42-43-44-46-48-50-52-54-56-58-60-62-64-66-72(76)73-70(69-80-81(77,78)79-68-67-74(3,4)5)71(75)65-63-61-59-57-55-53-51-49-47-45-29-27-25-23-21-19-17-15-13-11-9-7-2/h8,10,14,16,20,22,26,28,31-32,34-35,37-38,40-41,43-44,48,50,63,65,70-71,75H,6-7,9,11-13,15,17-19,21,23-25,27,29-30,33,36,39,42,45-47,49,51-62,64,66-69H2,1-5H3,(H-,73,76,77,78)/b10-8-,16-14-,22-20-,28-26-,32-31-,35-34-,38-37-,41-40-,44-43-,50-48-,65-63+. The molecule has 0 spiro atoms. The number of amides is 1. The molecule has 0 aromatic rings. The molecule has 0 heterocycles. The molecule has 0 saturated carbocycles. The van der Waals surface area contributed by atoms with Crippen LogP contribution in [-0.2, 0) is 18.4 Å². The first kappa shape index (κ1) is 77.6. The van der Waals surface area contributed by atoms with Gasteiger partial charge in [-0.25, -0.2) is 0 Å². The van der Waals surface area contributed by atoms with Gasteiger partial charge in [-0.15, -0.1) is 0 Å². The minimum Gasteiger partial charge on any atom is -0.756 e. The van der Waals surface area contributed by atoms with E-state index in [9.17, 15) is 19.4 Å². The molecule has 0 aliphatic heterocycles. The Hall–Kier alpha value is -3.36. The normalized spacial score (nSPS) is 14.6. The van der Waals surface area contributed by atoms with Crippen LogP contribution in [0.5, 0.6) is 0 Å². The van der Waals surface area contributed by atoms with Crippen LogP contribution in [0.4, 0.5) is 0 Å². The van der Waals surface area contributed by atoms with Gasteiger partial charge in [0.05, 0.1) is 39.9 Å². The number of nitrogens with one attached hydrogen (secondary N) is 1. The van der Waals surface area contributed by atoms with Crippen LogP contribution in [0, 0.1) is 0 Å². The summed E-state index contributed by atoms with van der Waals surface area (Å²) >= 11 is 0. The fraction of sp³-hybridized carbons (Fsp3) is 0.681. The van der Waals surface area contributed by atoms with Crippen LogP contribution in [-0.4, -0.2) is 68.5 Å². The van der Waals surface area contributed by atoms with Gasteiger partial charge in [-0.3, -0.25) is 9.36 Å². The van der Waals surface area contributed by atoms with Gasteiger partial charge in [0.25, 0.3) is 7.82 Å². The summed E-state index contributed by atoms with van der Waals surface area (Å²) in [5.41, 5.74) is 0. The first-order valence-electron chi connectivity index (χ1n) is 33.0. The van der Waals surface area contributed by atoms with E-state index >= 15 is 0 Å². The molecule has 9 heteroatoms. The van der Waals surface area contributed by atoms with E-state index in [-0.39, 0.29) is 12.5 Å². The maximum absolute atomic E-state index is 13.0. The van der Waals surface area contributed by atoms with Crippen molar-refractivity contribution in [2.75, 3.05) is 40.9 Å². The summed E-state index contributed by atoms with van der Waals surface area (Å²) in [6.45, 7) is 4.53. The maximum atomic E-state index is 13.0. The van der Waals surface area contributed by atoms with Crippen molar-refractivity contribution >= 4 is 13.7 Å². The molecule has 81 heavy (non-hydrogen) atoms. The number of phosphoric acid groups is 1. The Morgan fingerprint density at radius 1 is 0.444 bits per heavy atom. The smallest absolute Gasteiger partial charge is 0.268 e. The third-order valence-electron chi connectivity index (χ3n) is 14.1. The number of phosphoric ester groups is 1. The Kier molecular flexibility index (Phi) is 58.7. The number of hydrogen-bond donors (Lipinski definition) is 2. The van der Waals surface area contributed by atoms with Gasteiger partial charge in [0.15, 0.2) is 0 Å². The van der Waals surface area contributed by atoms with E-state index in [1.807, 2.05) is 27.2 Å². The monoisotopic (exact) mass is 1140 g/mol. The van der Waals surface area contributed by atoms with E-state index in [1.165, 1.54) is 116 Å². The number of rotatable bonds is 59. The van der Waals surface area contributed by atoms with Crippen molar-refractivity contribution in [1.29, 1.82) is 0 Å². The van der Waals surface area contributed by atoms with Crippen molar-refractivity contribution in [3.8, 4) is 0 Å². The largest absolute Gasteiger partial charge is 0.756 e. The highest BCUT2D eigenvalue weighted by Gasteiger charge is 2.23. The Morgan fingerprint density at radius 2 is 0.753 bits per heavy atom. The van der Waals surface area contributed by atoms with E-state index in [1.54, 1.807) is 6.08 Å². The molecule has 0 rings (SSSR count). The Balaban J connectivity index is 4.21. The minimum absolute atomic E-state index is 0.0106. The van der Waals surface area contributed by atoms with Gasteiger partial charge >= 0.3 is 0 Å². The average molecular weight is 1150 g/mol. The van der Waals surface area contributed by atoms with Gasteiger partial charge in [-0.05, 0) is 96.3 Å². The Bertz CT molecular complexity index is 1780. The summed E-state index contributed by atoms with van der Waals surface area (Å²) in [5, 5.41) is 13.9. The number of likely N-dealkylation sites (N-methyl/N-ethyl adjacent to an activating group) is 1. The van der Waals surface area contributed by atoms with E-state index in [4.69, 9.17) is 9.05 Å². The number of aliphatic hydroxyl groups is 1. The molecule has 0 radical (unpaired) electrons. The predicted molar refractivity (Wildman–Crippen MR) is 352 cm³/mol. The number of hydrogen-bond acceptors (Lipinski definition) is 6. The lowest BCUT2D eigenvalue weighted by Gasteiger charge is -2.29. The SMILES string of the molecule is CC/C=C\C/C=C\C/C=C\C/C=C\C/C=C\C/C=C\C/C=C\C/C=C\C/C=C\C/C=C\CCCCCCCCC(=O)NC(COP(=O)([O-])OCC[N+](C)(C)C)C(O)/C=C/CCCCCCCCCCCCCCCCCCCCCC. The van der Waals surface area contributed by atoms with Gasteiger partial charge < -0.3 is 28.8 Å². The number of aliphatic hydroxyl groups excluding tert-OH is 1. The second-order valence-electron chi connectivity index (χ2n) is 23.1. The van der Waals surface area contributed by atoms with Crippen molar-refractivity contribution in [2.45, 2.75) is 276 Å². The summed E-state index contributed by atoms with van der Waals surface area (Å²) in [7, 11) is 1.24. The second-order valence-corrected chi connectivity index (χ2v) is 24.5. The summed E-state index contributed by atoms with van der Waals surface area (Å²) in [6, 6.07) is -0.906. The molecular weight excluding hydrogens is 1020 g/mol. The number of unbranched alkanes of at least 4 members (excludes halogenated alkanes) is 26. The molecule has 1 amide bonds. The third-order valence-corrected chi connectivity index (χ3v) is 15.1. The quantitative estimate of drug-likeness (QED) is 0.0272.